The summed E-state index contributed by atoms with van der Waals surface area (Å²) in [6.07, 6.45) is 13.1. The Labute approximate surface area is 220 Å². The van der Waals surface area contributed by atoms with Gasteiger partial charge in [-0.05, 0) is 76.7 Å². The maximum Gasteiger partial charge on any atom is 0.231 e. The molecule has 204 valence electrons. The van der Waals surface area contributed by atoms with Gasteiger partial charge in [-0.2, -0.15) is 0 Å². The molecule has 6 heteroatoms. The average Bonchev–Trinajstić information content (AvgIpc) is 3.53. The smallest absolute Gasteiger partial charge is 0.231 e. The summed E-state index contributed by atoms with van der Waals surface area (Å²) >= 11 is 0. The molecule has 1 saturated heterocycles. The fourth-order valence-electron chi connectivity index (χ4n) is 4.51. The number of hydrogen-bond donors (Lipinski definition) is 1. The highest BCUT2D eigenvalue weighted by Crippen LogP contribution is 2.39. The normalized spacial score (nSPS) is 19.2. The number of likely N-dealkylation sites (N-methyl/N-ethyl adjacent to an activating group) is 1. The zero-order chi connectivity index (χ0) is 26.8. The predicted molar refractivity (Wildman–Crippen MR) is 152 cm³/mol. The molecule has 0 aliphatic carbocycles. The number of aldehydes is 1. The van der Waals surface area contributed by atoms with Crippen molar-refractivity contribution in [1.82, 2.24) is 9.80 Å². The second kappa shape index (κ2) is 19.0. The van der Waals surface area contributed by atoms with Crippen LogP contribution in [0.4, 0.5) is 0 Å². The minimum absolute atomic E-state index is 0.307. The first-order valence-electron chi connectivity index (χ1n) is 13.8. The number of benzene rings is 1. The van der Waals surface area contributed by atoms with E-state index in [9.17, 15) is 4.79 Å². The van der Waals surface area contributed by atoms with Gasteiger partial charge in [0, 0.05) is 25.7 Å². The number of ether oxygens (including phenoxy) is 2. The van der Waals surface area contributed by atoms with E-state index in [4.69, 9.17) is 15.2 Å². The lowest BCUT2D eigenvalue weighted by atomic mass is 9.94. The van der Waals surface area contributed by atoms with E-state index >= 15 is 0 Å². The number of hydrogen-bond acceptors (Lipinski definition) is 6. The number of fused-ring (bicyclic) bond motifs is 1. The molecule has 0 bridgehead atoms. The van der Waals surface area contributed by atoms with E-state index in [1.807, 2.05) is 32.9 Å². The highest BCUT2D eigenvalue weighted by atomic mass is 16.7. The van der Waals surface area contributed by atoms with Gasteiger partial charge in [-0.25, -0.2) is 0 Å². The number of carbonyl (C=O) groups excluding carboxylic acids is 1. The van der Waals surface area contributed by atoms with Crippen molar-refractivity contribution in [3.8, 4) is 11.5 Å². The van der Waals surface area contributed by atoms with Gasteiger partial charge in [-0.15, -0.1) is 0 Å². The number of rotatable bonds is 12. The molecule has 0 aromatic heterocycles. The van der Waals surface area contributed by atoms with Crippen LogP contribution in [0.15, 0.2) is 42.0 Å². The third kappa shape index (κ3) is 11.3. The summed E-state index contributed by atoms with van der Waals surface area (Å²) in [7, 11) is 2.11. The molecule has 6 nitrogen and oxygen atoms in total. The standard InChI is InChI=1S/C21H27NO3.C7H18N2.C2H6/c1-3-4-5-16(2)6-8-19-12-18(14-22(19)10-11-23)17-7-9-20-21(13-17)25-15-24-20;1-3-4-6-9(2)7-5-8;1-2/h3-5,7,9,11,13,18-19H,6,8,10,12,14-15H2,1-2H3;3-8H2,1-2H3;1-2H3/b4-3-,16-5+;;. The largest absolute Gasteiger partial charge is 0.454 e. The highest BCUT2D eigenvalue weighted by molar-refractivity contribution is 5.52. The number of allylic oxidation sites excluding steroid dienone is 4. The fourth-order valence-corrected chi connectivity index (χ4v) is 4.51. The van der Waals surface area contributed by atoms with Crippen LogP contribution in [-0.4, -0.2) is 68.7 Å². The molecule has 1 aromatic carbocycles. The third-order valence-corrected chi connectivity index (χ3v) is 6.55. The Kier molecular flexibility index (Phi) is 16.8. The van der Waals surface area contributed by atoms with Gasteiger partial charge in [-0.1, -0.05) is 57.1 Å². The highest BCUT2D eigenvalue weighted by Gasteiger charge is 2.33. The summed E-state index contributed by atoms with van der Waals surface area (Å²) in [5.74, 6) is 2.11. The summed E-state index contributed by atoms with van der Waals surface area (Å²) in [6, 6.07) is 6.69. The lowest BCUT2D eigenvalue weighted by molar-refractivity contribution is -0.109. The quantitative estimate of drug-likeness (QED) is 0.289. The number of nitrogens with zero attached hydrogens (tertiary/aromatic N) is 2. The van der Waals surface area contributed by atoms with Crippen molar-refractivity contribution in [3.05, 3.63) is 47.6 Å². The maximum absolute atomic E-state index is 11.1. The van der Waals surface area contributed by atoms with Crippen LogP contribution in [0.2, 0.25) is 0 Å². The number of nitrogens with two attached hydrogens (primary N) is 1. The number of likely N-dealkylation sites (tertiary alicyclic amines) is 1. The second-order valence-electron chi connectivity index (χ2n) is 9.34. The zero-order valence-electron chi connectivity index (χ0n) is 23.7. The predicted octanol–water partition coefficient (Wildman–Crippen LogP) is 5.78. The summed E-state index contributed by atoms with van der Waals surface area (Å²) in [6.45, 7) is 15.2. The van der Waals surface area contributed by atoms with Crippen LogP contribution in [-0.2, 0) is 4.79 Å². The van der Waals surface area contributed by atoms with Crippen LogP contribution < -0.4 is 15.2 Å². The SMILES string of the molecule is C/C=C\C=C(/C)CCC1CC(c2ccc3c(c2)OCO3)CN1CC=O.CC.CCCCN(C)CCN. The molecule has 2 N–H and O–H groups in total. The lowest BCUT2D eigenvalue weighted by Crippen LogP contribution is -2.31. The molecule has 2 heterocycles. The van der Waals surface area contributed by atoms with Crippen LogP contribution in [0.5, 0.6) is 11.5 Å². The van der Waals surface area contributed by atoms with E-state index in [1.54, 1.807) is 0 Å². The van der Waals surface area contributed by atoms with Gasteiger partial charge in [0.15, 0.2) is 11.5 Å². The molecule has 2 aliphatic heterocycles. The second-order valence-corrected chi connectivity index (χ2v) is 9.34. The molecule has 3 rings (SSSR count). The Bertz CT molecular complexity index is 794. The van der Waals surface area contributed by atoms with Crippen LogP contribution in [0, 0.1) is 0 Å². The summed E-state index contributed by atoms with van der Waals surface area (Å²) in [5, 5.41) is 0. The molecule has 0 saturated carbocycles. The minimum atomic E-state index is 0.307. The zero-order valence-corrected chi connectivity index (χ0v) is 23.7. The first kappa shape index (κ1) is 31.9. The molecule has 1 fully saturated rings. The van der Waals surface area contributed by atoms with E-state index in [1.165, 1.54) is 30.5 Å². The Hall–Kier alpha value is -2.15. The van der Waals surface area contributed by atoms with Gasteiger partial charge in [0.2, 0.25) is 6.79 Å². The molecule has 2 aliphatic rings. The Morgan fingerprint density at radius 1 is 1.22 bits per heavy atom. The monoisotopic (exact) mass is 501 g/mol. The van der Waals surface area contributed by atoms with Crippen molar-refractivity contribution in [2.75, 3.05) is 46.6 Å². The maximum atomic E-state index is 11.1. The number of carbonyl (C=O) groups is 1. The Morgan fingerprint density at radius 2 is 1.97 bits per heavy atom. The molecule has 0 amide bonds. The van der Waals surface area contributed by atoms with Gasteiger partial charge in [-0.3, -0.25) is 4.90 Å². The van der Waals surface area contributed by atoms with E-state index in [-0.39, 0.29) is 0 Å². The first-order valence-corrected chi connectivity index (χ1v) is 13.8. The van der Waals surface area contributed by atoms with Gasteiger partial charge in [0.05, 0.1) is 6.54 Å². The van der Waals surface area contributed by atoms with E-state index < -0.39 is 0 Å². The van der Waals surface area contributed by atoms with Crippen molar-refractivity contribution >= 4 is 6.29 Å². The molecule has 36 heavy (non-hydrogen) atoms. The van der Waals surface area contributed by atoms with Crippen molar-refractivity contribution < 1.29 is 14.3 Å². The van der Waals surface area contributed by atoms with Crippen molar-refractivity contribution in [2.24, 2.45) is 5.73 Å². The van der Waals surface area contributed by atoms with E-state index in [2.05, 4.69) is 55.0 Å². The van der Waals surface area contributed by atoms with Crippen LogP contribution in [0.25, 0.3) is 0 Å². The molecule has 1 aromatic rings. The summed E-state index contributed by atoms with van der Waals surface area (Å²) in [5.41, 5.74) is 8.03. The molecular formula is C30H51N3O3. The van der Waals surface area contributed by atoms with Crippen molar-refractivity contribution in [1.29, 1.82) is 0 Å². The lowest BCUT2D eigenvalue weighted by Gasteiger charge is -2.21. The number of unbranched alkanes of at least 4 members (excludes halogenated alkanes) is 1. The van der Waals surface area contributed by atoms with Gasteiger partial charge < -0.3 is 24.9 Å². The summed E-state index contributed by atoms with van der Waals surface area (Å²) < 4.78 is 10.9. The average molecular weight is 502 g/mol. The molecule has 2 unspecified atom stereocenters. The van der Waals surface area contributed by atoms with Crippen LogP contribution >= 0.6 is 0 Å². The molecule has 2 atom stereocenters. The van der Waals surface area contributed by atoms with E-state index in [0.29, 0.717) is 25.3 Å². The minimum Gasteiger partial charge on any atom is -0.454 e. The topological polar surface area (TPSA) is 68.0 Å². The van der Waals surface area contributed by atoms with E-state index in [0.717, 1.165) is 56.7 Å². The molecular weight excluding hydrogens is 450 g/mol. The van der Waals surface area contributed by atoms with Gasteiger partial charge in [0.25, 0.3) is 0 Å². The fraction of sp³-hybridized carbons (Fsp3) is 0.633. The van der Waals surface area contributed by atoms with Crippen molar-refractivity contribution in [2.45, 2.75) is 78.7 Å². The summed E-state index contributed by atoms with van der Waals surface area (Å²) in [4.78, 5) is 15.7. The Balaban J connectivity index is 0.000000500. The molecule has 0 spiro atoms. The Morgan fingerprint density at radius 3 is 2.64 bits per heavy atom. The van der Waals surface area contributed by atoms with Gasteiger partial charge >= 0.3 is 0 Å². The molecule has 0 radical (unpaired) electrons. The van der Waals surface area contributed by atoms with Gasteiger partial charge in [0.1, 0.15) is 6.29 Å². The first-order chi connectivity index (χ1) is 17.5. The van der Waals surface area contributed by atoms with Crippen LogP contribution in [0.1, 0.15) is 78.2 Å². The van der Waals surface area contributed by atoms with Crippen molar-refractivity contribution in [3.63, 3.8) is 0 Å². The third-order valence-electron chi connectivity index (χ3n) is 6.55. The van der Waals surface area contributed by atoms with Crippen LogP contribution in [0.3, 0.4) is 0 Å².